The molecule has 3 rings (SSSR count). The summed E-state index contributed by atoms with van der Waals surface area (Å²) in [5.41, 5.74) is 0.0546. The molecule has 0 atom stereocenters. The number of alkyl halides is 6. The third kappa shape index (κ3) is 11.2. The summed E-state index contributed by atoms with van der Waals surface area (Å²) >= 11 is 0. The molecule has 0 saturated carbocycles. The third-order valence-electron chi connectivity index (χ3n) is 4.79. The minimum absolute atomic E-state index is 0.751. The molecule has 3 N–H and O–H groups in total. The summed E-state index contributed by atoms with van der Waals surface area (Å²) < 4.78 is 68.8. The van der Waals surface area contributed by atoms with Crippen LogP contribution in [0.5, 0.6) is 0 Å². The van der Waals surface area contributed by atoms with Crippen LogP contribution in [0.4, 0.5) is 26.3 Å². The van der Waals surface area contributed by atoms with E-state index in [1.807, 2.05) is 30.3 Å². The third-order valence-corrected chi connectivity index (χ3v) is 4.79. The van der Waals surface area contributed by atoms with E-state index >= 15 is 0 Å². The van der Waals surface area contributed by atoms with Crippen molar-refractivity contribution in [3.63, 3.8) is 0 Å². The fourth-order valence-electron chi connectivity index (χ4n) is 2.97. The number of hydrogen-bond donors (Lipinski definition) is 3. The zero-order chi connectivity index (χ0) is 26.7. The number of hydrogen-bond acceptors (Lipinski definition) is 6. The maximum Gasteiger partial charge on any atom is 0.490 e. The van der Waals surface area contributed by atoms with Crippen LogP contribution in [0, 0.1) is 0 Å². The van der Waals surface area contributed by atoms with Crippen LogP contribution in [0.15, 0.2) is 47.2 Å². The summed E-state index contributed by atoms with van der Waals surface area (Å²) in [7, 11) is 0. The average molecular weight is 514 g/mol. The van der Waals surface area contributed by atoms with Gasteiger partial charge in [0.25, 0.3) is 0 Å². The Morgan fingerprint density at radius 3 is 1.91 bits per heavy atom. The van der Waals surface area contributed by atoms with E-state index in [9.17, 15) is 31.4 Å². The van der Waals surface area contributed by atoms with E-state index < -0.39 is 29.9 Å². The molecule has 196 valence electrons. The van der Waals surface area contributed by atoms with E-state index in [1.165, 1.54) is 0 Å². The van der Waals surface area contributed by atoms with Crippen LogP contribution in [0.3, 0.4) is 0 Å². The number of aliphatic hydroxyl groups is 1. The number of rotatable bonds is 5. The maximum absolute atomic E-state index is 10.7. The predicted molar refractivity (Wildman–Crippen MR) is 108 cm³/mol. The van der Waals surface area contributed by atoms with Crippen LogP contribution >= 0.6 is 0 Å². The fraction of sp³-hybridized carbons (Fsp3) is 0.476. The lowest BCUT2D eigenvalue weighted by Gasteiger charge is -2.37. The average Bonchev–Trinajstić information content (AvgIpc) is 3.29. The van der Waals surface area contributed by atoms with Crippen LogP contribution in [0.1, 0.15) is 30.7 Å². The first-order valence-electron chi connectivity index (χ1n) is 10.1. The van der Waals surface area contributed by atoms with Crippen LogP contribution in [0.25, 0.3) is 0 Å². The molecule has 0 aromatic carbocycles. The fourth-order valence-corrected chi connectivity index (χ4v) is 2.97. The number of nitrogens with zero attached hydrogens (tertiary/aromatic N) is 2. The highest BCUT2D eigenvalue weighted by atomic mass is 19.4. The molecule has 2 aromatic heterocycles. The normalized spacial score (nSPS) is 15.7. The largest absolute Gasteiger partial charge is 0.490 e. The minimum atomic E-state index is -5.08. The van der Waals surface area contributed by atoms with Gasteiger partial charge in [0.15, 0.2) is 0 Å². The lowest BCUT2D eigenvalue weighted by molar-refractivity contribution is -0.193. The van der Waals surface area contributed by atoms with E-state index in [0.717, 1.165) is 56.8 Å². The summed E-state index contributed by atoms with van der Waals surface area (Å²) in [5.74, 6) is -4.46. The molecule has 3 heterocycles. The molecule has 0 bridgehead atoms. The summed E-state index contributed by atoms with van der Waals surface area (Å²) in [6.45, 7) is 2.90. The van der Waals surface area contributed by atoms with Crippen molar-refractivity contribution in [1.82, 2.24) is 9.88 Å². The molecule has 14 heteroatoms. The number of carbonyl (C=O) groups is 2. The molecule has 1 aliphatic rings. The topological polar surface area (TPSA) is 124 Å². The smallest absolute Gasteiger partial charge is 0.475 e. The van der Waals surface area contributed by atoms with Crippen molar-refractivity contribution in [1.29, 1.82) is 0 Å². The molecule has 0 spiro atoms. The van der Waals surface area contributed by atoms with E-state index in [-0.39, 0.29) is 0 Å². The molecule has 1 aliphatic heterocycles. The molecule has 0 radical (unpaired) electrons. The summed E-state index contributed by atoms with van der Waals surface area (Å²) in [6.07, 6.45) is -3.11. The number of piperidine rings is 1. The van der Waals surface area contributed by atoms with Gasteiger partial charge in [-0.3, -0.25) is 4.98 Å². The molecule has 0 amide bonds. The molecule has 35 heavy (non-hydrogen) atoms. The number of carboxylic acids is 2. The lowest BCUT2D eigenvalue weighted by Crippen LogP contribution is -2.43. The van der Waals surface area contributed by atoms with Gasteiger partial charge < -0.3 is 24.6 Å². The molecular weight excluding hydrogens is 490 g/mol. The second-order valence-corrected chi connectivity index (χ2v) is 7.38. The Morgan fingerprint density at radius 1 is 0.971 bits per heavy atom. The van der Waals surface area contributed by atoms with Gasteiger partial charge >= 0.3 is 24.3 Å². The molecular formula is C21H24F6N2O6. The summed E-state index contributed by atoms with van der Waals surface area (Å²) in [4.78, 5) is 24.5. The van der Waals surface area contributed by atoms with Crippen molar-refractivity contribution in [2.45, 2.75) is 43.6 Å². The first-order chi connectivity index (χ1) is 16.1. The van der Waals surface area contributed by atoms with Gasteiger partial charge in [-0.05, 0) is 50.1 Å². The van der Waals surface area contributed by atoms with Crippen molar-refractivity contribution in [3.05, 3.63) is 54.2 Å². The number of aryl methyl sites for hydroxylation is 1. The van der Waals surface area contributed by atoms with Gasteiger partial charge in [0, 0.05) is 25.7 Å². The Bertz CT molecular complexity index is 871. The first kappa shape index (κ1) is 29.9. The van der Waals surface area contributed by atoms with Crippen LogP contribution in [0.2, 0.25) is 0 Å². The standard InChI is InChI=1S/C17H22N2O2.2C2HF3O2/c20-17(16-7-1-2-10-18-16)8-12-19(13-9-17)11-3-5-15-6-4-14-21-15;2*3-2(4,5)1(6)7/h1-2,4,6-7,10,14,20H,3,5,8-9,11-13H2;2*(H,6,7). The Hall–Kier alpha value is -3.13. The number of furan rings is 1. The van der Waals surface area contributed by atoms with E-state index in [2.05, 4.69) is 9.88 Å². The van der Waals surface area contributed by atoms with E-state index in [1.54, 1.807) is 12.5 Å². The number of carboxylic acid groups (broad SMARTS) is 2. The Balaban J connectivity index is 0.000000362. The van der Waals surface area contributed by atoms with Crippen LogP contribution in [-0.2, 0) is 21.6 Å². The Kier molecular flexibility index (Phi) is 11.2. The number of aromatic nitrogens is 1. The van der Waals surface area contributed by atoms with E-state index in [0.29, 0.717) is 0 Å². The van der Waals surface area contributed by atoms with Crippen molar-refractivity contribution < 1.29 is 55.7 Å². The van der Waals surface area contributed by atoms with Crippen LogP contribution < -0.4 is 0 Å². The van der Waals surface area contributed by atoms with Gasteiger partial charge in [0.2, 0.25) is 0 Å². The van der Waals surface area contributed by atoms with Crippen LogP contribution in [-0.4, -0.2) is 69.1 Å². The van der Waals surface area contributed by atoms with Crippen molar-refractivity contribution in [3.8, 4) is 0 Å². The molecule has 2 aromatic rings. The Morgan fingerprint density at radius 2 is 1.51 bits per heavy atom. The first-order valence-corrected chi connectivity index (χ1v) is 10.1. The van der Waals surface area contributed by atoms with E-state index in [4.69, 9.17) is 24.2 Å². The highest BCUT2D eigenvalue weighted by Gasteiger charge is 2.39. The monoisotopic (exact) mass is 514 g/mol. The predicted octanol–water partition coefficient (Wildman–Crippen LogP) is 3.86. The van der Waals surface area contributed by atoms with Gasteiger partial charge in [-0.1, -0.05) is 6.07 Å². The highest BCUT2D eigenvalue weighted by molar-refractivity contribution is 5.73. The maximum atomic E-state index is 10.7. The van der Waals surface area contributed by atoms with Gasteiger partial charge in [0.1, 0.15) is 11.4 Å². The number of pyridine rings is 1. The second kappa shape index (κ2) is 13.1. The van der Waals surface area contributed by atoms with Gasteiger partial charge in [0.05, 0.1) is 12.0 Å². The molecule has 8 nitrogen and oxygen atoms in total. The van der Waals surface area contributed by atoms with Crippen molar-refractivity contribution >= 4 is 11.9 Å². The zero-order valence-corrected chi connectivity index (χ0v) is 18.2. The van der Waals surface area contributed by atoms with Gasteiger partial charge in [-0.15, -0.1) is 0 Å². The lowest BCUT2D eigenvalue weighted by atomic mass is 9.87. The molecule has 1 saturated heterocycles. The quantitative estimate of drug-likeness (QED) is 0.514. The molecule has 0 unspecified atom stereocenters. The van der Waals surface area contributed by atoms with Crippen molar-refractivity contribution in [2.75, 3.05) is 19.6 Å². The molecule has 0 aliphatic carbocycles. The zero-order valence-electron chi connectivity index (χ0n) is 18.2. The minimum Gasteiger partial charge on any atom is -0.475 e. The number of halogens is 6. The highest BCUT2D eigenvalue weighted by Crippen LogP contribution is 2.31. The summed E-state index contributed by atoms with van der Waals surface area (Å²) in [5, 5.41) is 25.0. The van der Waals surface area contributed by atoms with Gasteiger partial charge in [-0.25, -0.2) is 9.59 Å². The summed E-state index contributed by atoms with van der Waals surface area (Å²) in [6, 6.07) is 9.71. The Labute approximate surface area is 195 Å². The molecule has 1 fully saturated rings. The van der Waals surface area contributed by atoms with Crippen molar-refractivity contribution in [2.24, 2.45) is 0 Å². The number of aliphatic carboxylic acids is 2. The SMILES string of the molecule is O=C(O)C(F)(F)F.O=C(O)C(F)(F)F.OC1(c2ccccn2)CCN(CCCc2ccco2)CC1. The number of likely N-dealkylation sites (tertiary alicyclic amines) is 1. The second-order valence-electron chi connectivity index (χ2n) is 7.38. The van der Waals surface area contributed by atoms with Gasteiger partial charge in [-0.2, -0.15) is 26.3 Å².